The summed E-state index contributed by atoms with van der Waals surface area (Å²) < 4.78 is 24.3. The average molecular weight is 302 g/mol. The molecule has 0 saturated heterocycles. The molecule has 0 spiro atoms. The van der Waals surface area contributed by atoms with Crippen molar-refractivity contribution in [1.29, 1.82) is 0 Å². The van der Waals surface area contributed by atoms with Gasteiger partial charge in [0.1, 0.15) is 0 Å². The topological polar surface area (TPSA) is 41.1 Å². The minimum absolute atomic E-state index is 0.0650. The fraction of sp³-hybridized carbons (Fsp3) is 0.500. The van der Waals surface area contributed by atoms with Crippen LogP contribution >= 0.6 is 11.8 Å². The molecule has 0 aliphatic heterocycles. The summed E-state index contributed by atoms with van der Waals surface area (Å²) >= 11 is 0.491. The number of thioether (sulfide) groups is 1. The maximum absolute atomic E-state index is 12.1. The van der Waals surface area contributed by atoms with E-state index in [1.807, 2.05) is 0 Å². The number of hydrogen-bond donors (Lipinski definition) is 2. The van der Waals surface area contributed by atoms with Crippen LogP contribution < -0.4 is 10.6 Å². The van der Waals surface area contributed by atoms with E-state index in [9.17, 15) is 13.6 Å². The number of anilines is 1. The van der Waals surface area contributed by atoms with Crippen molar-refractivity contribution < 1.29 is 13.6 Å². The Kier molecular flexibility index (Phi) is 7.54. The molecule has 0 fully saturated rings. The van der Waals surface area contributed by atoms with Gasteiger partial charge in [0, 0.05) is 23.0 Å². The van der Waals surface area contributed by atoms with Crippen molar-refractivity contribution in [3.05, 3.63) is 24.3 Å². The Hall–Kier alpha value is -1.14. The fourth-order valence-electron chi connectivity index (χ4n) is 1.58. The number of amides is 1. The normalized spacial score (nSPS) is 11.1. The van der Waals surface area contributed by atoms with Crippen molar-refractivity contribution in [3.8, 4) is 0 Å². The Morgan fingerprint density at radius 2 is 1.90 bits per heavy atom. The molecule has 1 amide bonds. The van der Waals surface area contributed by atoms with Crippen LogP contribution in [0.4, 0.5) is 14.5 Å². The number of carbonyl (C=O) groups excluding carboxylic acids is 1. The van der Waals surface area contributed by atoms with E-state index in [0.717, 1.165) is 13.0 Å². The largest absolute Gasteiger partial charge is 0.326 e. The van der Waals surface area contributed by atoms with Crippen molar-refractivity contribution in [1.82, 2.24) is 5.32 Å². The number of halogens is 2. The summed E-state index contributed by atoms with van der Waals surface area (Å²) in [5.41, 5.74) is 0.630. The van der Waals surface area contributed by atoms with Crippen LogP contribution in [0.5, 0.6) is 0 Å². The summed E-state index contributed by atoms with van der Waals surface area (Å²) in [5, 5.41) is 5.98. The lowest BCUT2D eigenvalue weighted by atomic mass is 10.2. The Balaban J connectivity index is 2.31. The number of carbonyl (C=O) groups is 1. The molecule has 112 valence electrons. The number of rotatable bonds is 8. The smallest absolute Gasteiger partial charge is 0.288 e. The maximum Gasteiger partial charge on any atom is 0.288 e. The van der Waals surface area contributed by atoms with E-state index < -0.39 is 5.76 Å². The molecule has 2 N–H and O–H groups in total. The second-order valence-electron chi connectivity index (χ2n) is 4.66. The third-order valence-corrected chi connectivity index (χ3v) is 3.22. The molecule has 0 aromatic heterocycles. The molecule has 0 atom stereocenters. The molecule has 0 radical (unpaired) electrons. The second kappa shape index (κ2) is 8.92. The molecule has 0 bridgehead atoms. The van der Waals surface area contributed by atoms with Gasteiger partial charge in [-0.25, -0.2) is 0 Å². The third kappa shape index (κ3) is 7.45. The quantitative estimate of drug-likeness (QED) is 0.568. The Morgan fingerprint density at radius 1 is 1.25 bits per heavy atom. The molecule has 6 heteroatoms. The van der Waals surface area contributed by atoms with Gasteiger partial charge in [0.15, 0.2) is 0 Å². The number of alkyl halides is 2. The molecule has 1 aromatic carbocycles. The molecule has 1 rings (SSSR count). The average Bonchev–Trinajstić information content (AvgIpc) is 2.36. The zero-order chi connectivity index (χ0) is 15.0. The van der Waals surface area contributed by atoms with Gasteiger partial charge in [0.2, 0.25) is 5.91 Å². The van der Waals surface area contributed by atoms with Crippen molar-refractivity contribution in [3.63, 3.8) is 0 Å². The lowest BCUT2D eigenvalue weighted by Crippen LogP contribution is -2.24. The first kappa shape index (κ1) is 16.9. The van der Waals surface area contributed by atoms with Gasteiger partial charge >= 0.3 is 0 Å². The Morgan fingerprint density at radius 3 is 2.45 bits per heavy atom. The summed E-state index contributed by atoms with van der Waals surface area (Å²) in [6, 6.07) is 6.83. The van der Waals surface area contributed by atoms with Gasteiger partial charge in [-0.1, -0.05) is 25.6 Å². The zero-order valence-electron chi connectivity index (χ0n) is 11.7. The van der Waals surface area contributed by atoms with E-state index in [-0.39, 0.29) is 5.91 Å². The van der Waals surface area contributed by atoms with Gasteiger partial charge in [-0.3, -0.25) is 4.79 Å². The monoisotopic (exact) mass is 302 g/mol. The summed E-state index contributed by atoms with van der Waals surface area (Å²) in [4.78, 5) is 12.1. The number of nitrogens with one attached hydrogen (secondary N) is 2. The molecular weight excluding hydrogens is 282 g/mol. The lowest BCUT2D eigenvalue weighted by molar-refractivity contribution is -0.116. The molecule has 1 aromatic rings. The fourth-order valence-corrected chi connectivity index (χ4v) is 2.08. The van der Waals surface area contributed by atoms with E-state index in [0.29, 0.717) is 34.8 Å². The number of hydrogen-bond acceptors (Lipinski definition) is 3. The highest BCUT2D eigenvalue weighted by Gasteiger charge is 2.06. The third-order valence-electron chi connectivity index (χ3n) is 2.50. The standard InChI is InChI=1S/C14H20F2N2OS/c1-10(2)17-9-3-4-13(19)18-11-5-7-12(8-6-11)20-14(15)16/h5-8,10,14,17H,3-4,9H2,1-2H3,(H,18,19). The van der Waals surface area contributed by atoms with Gasteiger partial charge in [-0.15, -0.1) is 0 Å². The number of benzene rings is 1. The zero-order valence-corrected chi connectivity index (χ0v) is 12.5. The van der Waals surface area contributed by atoms with Crippen LogP contribution in [-0.4, -0.2) is 24.3 Å². The van der Waals surface area contributed by atoms with Crippen molar-refractivity contribution in [2.45, 2.75) is 43.4 Å². The van der Waals surface area contributed by atoms with Gasteiger partial charge < -0.3 is 10.6 Å². The maximum atomic E-state index is 12.1. The van der Waals surface area contributed by atoms with Crippen LogP contribution in [0.1, 0.15) is 26.7 Å². The van der Waals surface area contributed by atoms with Crippen LogP contribution in [0.2, 0.25) is 0 Å². The van der Waals surface area contributed by atoms with Gasteiger partial charge in [0.05, 0.1) is 0 Å². The highest BCUT2D eigenvalue weighted by Crippen LogP contribution is 2.26. The Labute approximate surface area is 122 Å². The minimum Gasteiger partial charge on any atom is -0.326 e. The molecule has 0 unspecified atom stereocenters. The van der Waals surface area contributed by atoms with Crippen molar-refractivity contribution in [2.75, 3.05) is 11.9 Å². The van der Waals surface area contributed by atoms with E-state index in [1.165, 1.54) is 0 Å². The molecule has 0 aliphatic rings. The molecule has 0 aliphatic carbocycles. The molecule has 0 saturated carbocycles. The van der Waals surface area contributed by atoms with Crippen LogP contribution in [0.3, 0.4) is 0 Å². The van der Waals surface area contributed by atoms with E-state index in [2.05, 4.69) is 24.5 Å². The van der Waals surface area contributed by atoms with Gasteiger partial charge in [-0.2, -0.15) is 8.78 Å². The van der Waals surface area contributed by atoms with E-state index in [4.69, 9.17) is 0 Å². The van der Waals surface area contributed by atoms with Gasteiger partial charge in [0.25, 0.3) is 5.76 Å². The molecule has 3 nitrogen and oxygen atoms in total. The van der Waals surface area contributed by atoms with E-state index >= 15 is 0 Å². The summed E-state index contributed by atoms with van der Waals surface area (Å²) in [6.07, 6.45) is 1.20. The van der Waals surface area contributed by atoms with Crippen LogP contribution in [0.25, 0.3) is 0 Å². The predicted molar refractivity (Wildman–Crippen MR) is 79.3 cm³/mol. The van der Waals surface area contributed by atoms with Crippen molar-refractivity contribution >= 4 is 23.4 Å². The first-order valence-corrected chi connectivity index (χ1v) is 7.43. The first-order valence-electron chi connectivity index (χ1n) is 6.55. The minimum atomic E-state index is -2.43. The SMILES string of the molecule is CC(C)NCCCC(=O)Nc1ccc(SC(F)F)cc1. The van der Waals surface area contributed by atoms with Crippen LogP contribution in [0, 0.1) is 0 Å². The summed E-state index contributed by atoms with van der Waals surface area (Å²) in [7, 11) is 0. The molecule has 0 heterocycles. The molecular formula is C14H20F2N2OS. The molecule has 20 heavy (non-hydrogen) atoms. The lowest BCUT2D eigenvalue weighted by Gasteiger charge is -2.08. The van der Waals surface area contributed by atoms with Crippen molar-refractivity contribution in [2.24, 2.45) is 0 Å². The highest BCUT2D eigenvalue weighted by molar-refractivity contribution is 7.99. The summed E-state index contributed by atoms with van der Waals surface area (Å²) in [5.74, 6) is -2.49. The van der Waals surface area contributed by atoms with Crippen LogP contribution in [0.15, 0.2) is 29.2 Å². The first-order chi connectivity index (χ1) is 9.47. The van der Waals surface area contributed by atoms with Gasteiger partial charge in [-0.05, 0) is 37.2 Å². The van der Waals surface area contributed by atoms with Crippen LogP contribution in [-0.2, 0) is 4.79 Å². The predicted octanol–water partition coefficient (Wildman–Crippen LogP) is 3.72. The second-order valence-corrected chi connectivity index (χ2v) is 5.73. The summed E-state index contributed by atoms with van der Waals surface area (Å²) in [6.45, 7) is 4.91. The van der Waals surface area contributed by atoms with E-state index in [1.54, 1.807) is 24.3 Å². The Bertz CT molecular complexity index is 410. The highest BCUT2D eigenvalue weighted by atomic mass is 32.2.